The van der Waals surface area contributed by atoms with E-state index in [-0.39, 0.29) is 36.2 Å². The van der Waals surface area contributed by atoms with Crippen molar-refractivity contribution in [2.75, 3.05) is 39.7 Å². The summed E-state index contributed by atoms with van der Waals surface area (Å²) in [4.78, 5) is 71.0. The van der Waals surface area contributed by atoms with Crippen molar-refractivity contribution < 1.29 is 33.4 Å². The van der Waals surface area contributed by atoms with Gasteiger partial charge in [-0.2, -0.15) is 0 Å². The molecule has 2 aliphatic rings. The third-order valence-corrected chi connectivity index (χ3v) is 12.1. The summed E-state index contributed by atoms with van der Waals surface area (Å²) in [5.41, 5.74) is 7.13. The highest BCUT2D eigenvalue weighted by molar-refractivity contribution is 5.91. The molecule has 8 rings (SSSR count). The van der Waals surface area contributed by atoms with Gasteiger partial charge in [-0.1, -0.05) is 68.4 Å². The number of nitrogens with one attached hydrogen (secondary N) is 4. The molecular formula is C48H52N8O7. The van der Waals surface area contributed by atoms with Crippen molar-refractivity contribution in [2.45, 2.75) is 64.1 Å². The molecule has 63 heavy (non-hydrogen) atoms. The lowest BCUT2D eigenvalue weighted by molar-refractivity contribution is -0.135. The van der Waals surface area contributed by atoms with Crippen LogP contribution in [0, 0.1) is 5.92 Å². The van der Waals surface area contributed by atoms with Crippen LogP contribution in [0.1, 0.15) is 68.8 Å². The van der Waals surface area contributed by atoms with Crippen molar-refractivity contribution in [1.82, 2.24) is 35.1 Å². The number of anilines is 1. The number of aromatic nitrogens is 4. The molecule has 15 heteroatoms. The summed E-state index contributed by atoms with van der Waals surface area (Å²) in [5.74, 6) is 1.72. The number of carbonyl (C=O) groups excluding carboxylic acids is 4. The van der Waals surface area contributed by atoms with Crippen molar-refractivity contribution in [2.24, 2.45) is 5.92 Å². The molecule has 0 saturated carbocycles. The smallest absolute Gasteiger partial charge is 0.411 e. The van der Waals surface area contributed by atoms with Gasteiger partial charge in [0, 0.05) is 36.0 Å². The maximum atomic E-state index is 13.6. The summed E-state index contributed by atoms with van der Waals surface area (Å²) in [7, 11) is 4.12. The van der Waals surface area contributed by atoms with E-state index in [1.807, 2.05) is 36.0 Å². The highest BCUT2D eigenvalue weighted by atomic mass is 16.5. The van der Waals surface area contributed by atoms with E-state index < -0.39 is 18.2 Å². The number of rotatable bonds is 12. The molecule has 4 N–H and O–H groups in total. The van der Waals surface area contributed by atoms with Crippen LogP contribution < -0.4 is 15.4 Å². The number of H-pyrrole nitrogens is 2. The van der Waals surface area contributed by atoms with Gasteiger partial charge in [0.1, 0.15) is 23.4 Å². The van der Waals surface area contributed by atoms with Crippen LogP contribution in [-0.4, -0.2) is 94.2 Å². The summed E-state index contributed by atoms with van der Waals surface area (Å²) in [6, 6.07) is 25.2. The molecule has 4 heterocycles. The molecular weight excluding hydrogens is 801 g/mol. The van der Waals surface area contributed by atoms with Crippen LogP contribution >= 0.6 is 0 Å². The van der Waals surface area contributed by atoms with Gasteiger partial charge in [0.25, 0.3) is 0 Å². The fraction of sp³-hybridized carbons (Fsp3) is 0.333. The minimum atomic E-state index is -0.691. The molecule has 15 nitrogen and oxygen atoms in total. The molecule has 0 bridgehead atoms. The molecule has 0 aliphatic carbocycles. The topological polar surface area (TPSA) is 184 Å². The Kier molecular flexibility index (Phi) is 12.4. The Bertz CT molecular complexity index is 2640. The van der Waals surface area contributed by atoms with Gasteiger partial charge in [-0.3, -0.25) is 14.9 Å². The van der Waals surface area contributed by atoms with Gasteiger partial charge in [-0.15, -0.1) is 0 Å². The number of alkyl carbamates (subject to hydrolysis) is 1. The average molecular weight is 853 g/mol. The van der Waals surface area contributed by atoms with Crippen LogP contribution in [0.2, 0.25) is 0 Å². The molecule has 4 aromatic carbocycles. The van der Waals surface area contributed by atoms with Gasteiger partial charge in [-0.25, -0.2) is 19.6 Å². The number of nitrogens with zero attached hydrogens (tertiary/aromatic N) is 4. The van der Waals surface area contributed by atoms with E-state index in [1.165, 1.54) is 21.3 Å². The van der Waals surface area contributed by atoms with E-state index in [0.29, 0.717) is 24.5 Å². The lowest BCUT2D eigenvalue weighted by Crippen LogP contribution is -2.51. The van der Waals surface area contributed by atoms with Crippen LogP contribution in [0.5, 0.6) is 5.75 Å². The molecule has 326 valence electrons. The van der Waals surface area contributed by atoms with E-state index in [9.17, 15) is 19.2 Å². The number of likely N-dealkylation sites (tertiary alicyclic amines) is 2. The monoisotopic (exact) mass is 852 g/mol. The summed E-state index contributed by atoms with van der Waals surface area (Å²) in [6.07, 6.45) is 5.90. The molecule has 0 radical (unpaired) electrons. The summed E-state index contributed by atoms with van der Waals surface area (Å²) in [6.45, 7) is 5.04. The SMILES string of the molecule is COC(=O)Nc1ccc(CC(=O)N2CCCC2c2ncc(-c3ccc(-c4ccc5cc(-c6cnc(C7CCCN7C(=O)C(NC(=O)OC)C(C)C)[nH]6)ccc5c4)cc3)[nH]2)c(OC)c1. The molecule has 2 aromatic heterocycles. The van der Waals surface area contributed by atoms with Crippen molar-refractivity contribution >= 4 is 40.5 Å². The second-order valence-corrected chi connectivity index (χ2v) is 16.3. The molecule has 2 fully saturated rings. The summed E-state index contributed by atoms with van der Waals surface area (Å²) in [5, 5.41) is 7.52. The van der Waals surface area contributed by atoms with Crippen LogP contribution in [0.25, 0.3) is 44.4 Å². The fourth-order valence-electron chi connectivity index (χ4n) is 8.68. The highest BCUT2D eigenvalue weighted by Gasteiger charge is 2.38. The van der Waals surface area contributed by atoms with Gasteiger partial charge >= 0.3 is 12.2 Å². The van der Waals surface area contributed by atoms with E-state index in [0.717, 1.165) is 87.3 Å². The third-order valence-electron chi connectivity index (χ3n) is 12.1. The number of amides is 4. The zero-order chi connectivity index (χ0) is 44.2. The second kappa shape index (κ2) is 18.4. The van der Waals surface area contributed by atoms with Gasteiger partial charge < -0.3 is 39.3 Å². The molecule has 4 amide bonds. The van der Waals surface area contributed by atoms with Crippen molar-refractivity contribution in [3.8, 4) is 39.4 Å². The first-order valence-electron chi connectivity index (χ1n) is 21.2. The van der Waals surface area contributed by atoms with Crippen molar-refractivity contribution in [3.05, 3.63) is 108 Å². The Hall–Kier alpha value is -7.16. The Morgan fingerprint density at radius 3 is 1.90 bits per heavy atom. The fourth-order valence-corrected chi connectivity index (χ4v) is 8.68. The Morgan fingerprint density at radius 1 is 0.698 bits per heavy atom. The van der Waals surface area contributed by atoms with Gasteiger partial charge in [-0.05, 0) is 77.3 Å². The number of carbonyl (C=O) groups is 4. The number of fused-ring (bicyclic) bond motifs is 1. The number of hydrogen-bond acceptors (Lipinski definition) is 9. The quantitative estimate of drug-likeness (QED) is 0.0939. The third kappa shape index (κ3) is 9.08. The number of methoxy groups -OCH3 is 3. The van der Waals surface area contributed by atoms with Gasteiger partial charge in [0.2, 0.25) is 11.8 Å². The zero-order valence-electron chi connectivity index (χ0n) is 36.1. The second-order valence-electron chi connectivity index (χ2n) is 16.3. The maximum Gasteiger partial charge on any atom is 0.411 e. The number of aromatic amines is 2. The first-order chi connectivity index (χ1) is 30.5. The normalized spacial score (nSPS) is 16.6. The Labute approximate surface area is 365 Å². The molecule has 3 unspecified atom stereocenters. The number of ether oxygens (including phenoxy) is 3. The van der Waals surface area contributed by atoms with Crippen LogP contribution in [-0.2, 0) is 25.5 Å². The lowest BCUT2D eigenvalue weighted by Gasteiger charge is -2.30. The largest absolute Gasteiger partial charge is 0.496 e. The standard InChI is InChI=1S/C48H52N8O7/c1-28(2)43(54-48(60)63-5)46(58)56-21-7-9-40(56)45-50-27-38(53-45)34-17-16-32-22-31(14-15-33(32)23-34)29-10-12-30(13-11-29)37-26-49-44(52-37)39-8-6-20-55(39)42(57)24-35-18-19-36(25-41(35)61-3)51-47(59)62-4/h10-19,22-23,25-28,39-40,43H,6-9,20-21,24H2,1-5H3,(H,49,52)(H,50,53)(H,51,59)(H,54,60). The van der Waals surface area contributed by atoms with E-state index >= 15 is 0 Å². The number of hydrogen-bond donors (Lipinski definition) is 4. The maximum absolute atomic E-state index is 13.6. The van der Waals surface area contributed by atoms with Crippen LogP contribution in [0.4, 0.5) is 15.3 Å². The van der Waals surface area contributed by atoms with Crippen LogP contribution in [0.15, 0.2) is 91.3 Å². The van der Waals surface area contributed by atoms with Gasteiger partial charge in [0.05, 0.1) is 63.6 Å². The minimum Gasteiger partial charge on any atom is -0.496 e. The molecule has 6 aromatic rings. The first-order valence-corrected chi connectivity index (χ1v) is 21.2. The highest BCUT2D eigenvalue weighted by Crippen LogP contribution is 2.36. The van der Waals surface area contributed by atoms with Crippen LogP contribution in [0.3, 0.4) is 0 Å². The minimum absolute atomic E-state index is 0.0253. The first kappa shape index (κ1) is 42.5. The molecule has 0 spiro atoms. The van der Waals surface area contributed by atoms with Gasteiger partial charge in [0.15, 0.2) is 0 Å². The number of benzene rings is 4. The molecule has 2 saturated heterocycles. The summed E-state index contributed by atoms with van der Waals surface area (Å²) < 4.78 is 15.0. The lowest BCUT2D eigenvalue weighted by atomic mass is 9.98. The molecule has 2 aliphatic heterocycles. The number of imidazole rings is 2. The Morgan fingerprint density at radius 2 is 1.27 bits per heavy atom. The van der Waals surface area contributed by atoms with Crippen molar-refractivity contribution in [1.29, 1.82) is 0 Å². The van der Waals surface area contributed by atoms with E-state index in [4.69, 9.17) is 19.4 Å². The zero-order valence-corrected chi connectivity index (χ0v) is 36.1. The molecule has 3 atom stereocenters. The average Bonchev–Trinajstić information content (AvgIpc) is 4.15. The van der Waals surface area contributed by atoms with Crippen molar-refractivity contribution in [3.63, 3.8) is 0 Å². The van der Waals surface area contributed by atoms with E-state index in [2.05, 4.69) is 86.0 Å². The summed E-state index contributed by atoms with van der Waals surface area (Å²) >= 11 is 0. The predicted molar refractivity (Wildman–Crippen MR) is 239 cm³/mol. The predicted octanol–water partition coefficient (Wildman–Crippen LogP) is 8.42. The van der Waals surface area contributed by atoms with E-state index in [1.54, 1.807) is 18.2 Å². The Balaban J connectivity index is 0.917.